The molecule has 0 aromatic heterocycles. The number of esters is 2. The van der Waals surface area contributed by atoms with E-state index in [1.165, 1.54) is 77.0 Å². The molecule has 0 spiro atoms. The lowest BCUT2D eigenvalue weighted by Crippen LogP contribution is -2.64. The molecule has 6 N–H and O–H groups in total. The van der Waals surface area contributed by atoms with Crippen molar-refractivity contribution in [1.29, 1.82) is 0 Å². The van der Waals surface area contributed by atoms with E-state index in [-0.39, 0.29) is 12.8 Å². The Morgan fingerprint density at radius 1 is 0.508 bits per heavy atom. The Morgan fingerprint density at radius 3 is 1.38 bits per heavy atom. The van der Waals surface area contributed by atoms with Crippen molar-refractivity contribution < 1.29 is 63.1 Å². The van der Waals surface area contributed by atoms with Crippen LogP contribution in [0.2, 0.25) is 0 Å². The molecule has 61 heavy (non-hydrogen) atoms. The number of aliphatic hydroxyl groups is 5. The van der Waals surface area contributed by atoms with E-state index in [0.29, 0.717) is 12.8 Å². The van der Waals surface area contributed by atoms with Crippen LogP contribution in [0.1, 0.15) is 194 Å². The van der Waals surface area contributed by atoms with Crippen LogP contribution >= 0.6 is 7.82 Å². The van der Waals surface area contributed by atoms with Crippen molar-refractivity contribution in [2.75, 3.05) is 13.2 Å². The maximum atomic E-state index is 12.8. The molecule has 1 aliphatic carbocycles. The van der Waals surface area contributed by atoms with E-state index in [1.807, 2.05) is 0 Å². The molecule has 14 heteroatoms. The van der Waals surface area contributed by atoms with Crippen molar-refractivity contribution in [2.24, 2.45) is 0 Å². The highest BCUT2D eigenvalue weighted by Gasteiger charge is 2.51. The van der Waals surface area contributed by atoms with Crippen molar-refractivity contribution in [1.82, 2.24) is 0 Å². The van der Waals surface area contributed by atoms with Crippen LogP contribution in [0, 0.1) is 0 Å². The fraction of sp³-hybridized carbons (Fsp3) is 0.830. The van der Waals surface area contributed by atoms with Gasteiger partial charge in [0.2, 0.25) is 0 Å². The number of hydrogen-bond acceptors (Lipinski definition) is 12. The number of rotatable bonds is 39. The monoisotopic (exact) mass is 889 g/mol. The van der Waals surface area contributed by atoms with Gasteiger partial charge in [0.25, 0.3) is 0 Å². The Hall–Kier alpha value is -1.93. The SMILES string of the molecule is CCCCCC=CCC=CCCCCCCCC(=O)OC(COC(=O)CCCCCCCCCC=CCCCCCCCC)COP(=O)(O)OC1C(O)C(O)C(O)C(O)C1O. The highest BCUT2D eigenvalue weighted by atomic mass is 31.2. The van der Waals surface area contributed by atoms with Gasteiger partial charge in [0, 0.05) is 12.8 Å². The minimum atomic E-state index is -5.12. The number of phosphoric acid groups is 1. The molecule has 0 amide bonds. The lowest BCUT2D eigenvalue weighted by molar-refractivity contribution is -0.220. The third-order valence-electron chi connectivity index (χ3n) is 11.0. The summed E-state index contributed by atoms with van der Waals surface area (Å²) in [6.07, 6.45) is 29.1. The molecular weight excluding hydrogens is 803 g/mol. The molecule has 1 aliphatic rings. The first-order valence-corrected chi connectivity index (χ1v) is 25.3. The Balaban J connectivity index is 2.45. The van der Waals surface area contributed by atoms with Crippen molar-refractivity contribution in [3.63, 3.8) is 0 Å². The van der Waals surface area contributed by atoms with E-state index >= 15 is 0 Å². The van der Waals surface area contributed by atoms with E-state index in [0.717, 1.165) is 77.0 Å². The van der Waals surface area contributed by atoms with E-state index < -0.39 is 75.7 Å². The Bertz CT molecular complexity index is 1210. The van der Waals surface area contributed by atoms with Gasteiger partial charge in [0.15, 0.2) is 6.10 Å². The van der Waals surface area contributed by atoms with Gasteiger partial charge < -0.3 is 39.9 Å². The summed E-state index contributed by atoms with van der Waals surface area (Å²) in [6, 6.07) is 0. The summed E-state index contributed by atoms with van der Waals surface area (Å²) in [5.41, 5.74) is 0. The van der Waals surface area contributed by atoms with Gasteiger partial charge in [0.1, 0.15) is 43.2 Å². The molecule has 1 rings (SSSR count). The van der Waals surface area contributed by atoms with E-state index in [1.54, 1.807) is 0 Å². The van der Waals surface area contributed by atoms with Crippen LogP contribution in [0.25, 0.3) is 0 Å². The minimum Gasteiger partial charge on any atom is -0.462 e. The Morgan fingerprint density at radius 2 is 0.885 bits per heavy atom. The molecule has 0 aliphatic heterocycles. The molecule has 0 bridgehead atoms. The quantitative estimate of drug-likeness (QED) is 0.0147. The zero-order valence-corrected chi connectivity index (χ0v) is 38.6. The zero-order chi connectivity index (χ0) is 45.0. The van der Waals surface area contributed by atoms with E-state index in [2.05, 4.69) is 50.3 Å². The summed E-state index contributed by atoms with van der Waals surface area (Å²) >= 11 is 0. The minimum absolute atomic E-state index is 0.0801. The van der Waals surface area contributed by atoms with Crippen LogP contribution in [-0.4, -0.2) is 98.3 Å². The second-order valence-corrected chi connectivity index (χ2v) is 18.0. The second-order valence-electron chi connectivity index (χ2n) is 16.6. The number of ether oxygens (including phenoxy) is 2. The van der Waals surface area contributed by atoms with Gasteiger partial charge >= 0.3 is 19.8 Å². The summed E-state index contributed by atoms with van der Waals surface area (Å²) in [6.45, 7) is 3.26. The van der Waals surface area contributed by atoms with Crippen LogP contribution in [0.4, 0.5) is 0 Å². The number of carbonyl (C=O) groups excluding carboxylic acids is 2. The number of allylic oxidation sites excluding steroid dienone is 6. The molecule has 1 fully saturated rings. The van der Waals surface area contributed by atoms with Crippen LogP contribution in [0.15, 0.2) is 36.5 Å². The van der Waals surface area contributed by atoms with Gasteiger partial charge in [-0.1, -0.05) is 147 Å². The molecule has 0 saturated heterocycles. The van der Waals surface area contributed by atoms with Gasteiger partial charge in [0.05, 0.1) is 6.61 Å². The van der Waals surface area contributed by atoms with Crippen molar-refractivity contribution in [2.45, 2.75) is 236 Å². The van der Waals surface area contributed by atoms with E-state index in [9.17, 15) is 44.6 Å². The lowest BCUT2D eigenvalue weighted by Gasteiger charge is -2.41. The fourth-order valence-electron chi connectivity index (χ4n) is 7.08. The lowest BCUT2D eigenvalue weighted by atomic mass is 9.85. The van der Waals surface area contributed by atoms with Crippen molar-refractivity contribution in [3.8, 4) is 0 Å². The summed E-state index contributed by atoms with van der Waals surface area (Å²) in [5.74, 6) is -1.12. The van der Waals surface area contributed by atoms with Crippen LogP contribution < -0.4 is 0 Å². The molecule has 6 atom stereocenters. The second kappa shape index (κ2) is 37.4. The van der Waals surface area contributed by atoms with Gasteiger partial charge in [-0.2, -0.15) is 0 Å². The molecule has 0 aromatic carbocycles. The highest BCUT2D eigenvalue weighted by Crippen LogP contribution is 2.47. The maximum Gasteiger partial charge on any atom is 0.472 e. The summed E-state index contributed by atoms with van der Waals surface area (Å²) < 4.78 is 33.5. The van der Waals surface area contributed by atoms with Crippen LogP contribution in [0.3, 0.4) is 0 Å². The molecule has 13 nitrogen and oxygen atoms in total. The Labute approximate surface area is 368 Å². The van der Waals surface area contributed by atoms with Gasteiger partial charge in [-0.15, -0.1) is 0 Å². The molecule has 0 aromatic rings. The third kappa shape index (κ3) is 30.0. The fourth-order valence-corrected chi connectivity index (χ4v) is 8.05. The number of aliphatic hydroxyl groups excluding tert-OH is 5. The topological polar surface area (TPSA) is 210 Å². The number of unbranched alkanes of at least 4 members (excludes halogenated alkanes) is 21. The predicted molar refractivity (Wildman–Crippen MR) is 240 cm³/mol. The zero-order valence-electron chi connectivity index (χ0n) is 37.7. The van der Waals surface area contributed by atoms with Gasteiger partial charge in [-0.25, -0.2) is 4.57 Å². The Kier molecular flexibility index (Phi) is 35.0. The van der Waals surface area contributed by atoms with Crippen molar-refractivity contribution in [3.05, 3.63) is 36.5 Å². The largest absolute Gasteiger partial charge is 0.472 e. The maximum absolute atomic E-state index is 12.8. The molecule has 356 valence electrons. The highest BCUT2D eigenvalue weighted by molar-refractivity contribution is 7.47. The normalized spacial score (nSPS) is 22.3. The third-order valence-corrected chi connectivity index (χ3v) is 11.9. The first kappa shape index (κ1) is 57.1. The number of carbonyl (C=O) groups is 2. The average molecular weight is 889 g/mol. The van der Waals surface area contributed by atoms with Crippen LogP contribution in [0.5, 0.6) is 0 Å². The van der Waals surface area contributed by atoms with Crippen molar-refractivity contribution >= 4 is 19.8 Å². The molecule has 0 radical (unpaired) electrons. The standard InChI is InChI=1S/C47H85O13P/c1-3-5-7-9-11-13-15-17-19-20-22-23-25-27-29-31-33-35-40(48)57-37-39(38-58-61(55,56)60-47-45(53)43(51)42(50)44(52)46(47)54)59-41(49)36-34-32-30-28-26-24-21-18-16-14-12-10-8-6-4-2/h12,14,17-19,21,39,42-47,50-54H,3-11,13,15-16,20,22-38H2,1-2H3,(H,55,56). The first-order valence-electron chi connectivity index (χ1n) is 23.8. The number of phosphoric ester groups is 1. The summed E-state index contributed by atoms with van der Waals surface area (Å²) in [4.78, 5) is 35.7. The number of hydrogen-bond donors (Lipinski definition) is 6. The summed E-state index contributed by atoms with van der Waals surface area (Å²) in [7, 11) is -5.12. The average Bonchev–Trinajstić information content (AvgIpc) is 3.24. The molecular formula is C47H85O13P. The molecule has 0 heterocycles. The predicted octanol–water partition coefficient (Wildman–Crippen LogP) is 9.39. The first-order chi connectivity index (χ1) is 29.4. The smallest absolute Gasteiger partial charge is 0.462 e. The van der Waals surface area contributed by atoms with E-state index in [4.69, 9.17) is 18.5 Å². The molecule has 6 unspecified atom stereocenters. The molecule has 1 saturated carbocycles. The summed E-state index contributed by atoms with van der Waals surface area (Å²) in [5, 5.41) is 50.2. The van der Waals surface area contributed by atoms with Gasteiger partial charge in [-0.05, 0) is 70.6 Å². The van der Waals surface area contributed by atoms with Crippen LogP contribution in [-0.2, 0) is 32.7 Å². The van der Waals surface area contributed by atoms with Gasteiger partial charge in [-0.3, -0.25) is 18.6 Å².